The predicted octanol–water partition coefficient (Wildman–Crippen LogP) is 2.11. The van der Waals surface area contributed by atoms with Crippen LogP contribution in [0.3, 0.4) is 0 Å². The molecular weight excluding hydrogens is 255 g/mol. The van der Waals surface area contributed by atoms with E-state index < -0.39 is 0 Å². The minimum Gasteiger partial charge on any atom is -0.350 e. The van der Waals surface area contributed by atoms with Crippen molar-refractivity contribution in [2.75, 3.05) is 11.0 Å². The second-order valence-corrected chi connectivity index (χ2v) is 4.18. The Morgan fingerprint density at radius 2 is 2.36 bits per heavy atom. The van der Waals surface area contributed by atoms with Crippen molar-refractivity contribution in [2.24, 2.45) is 0 Å². The molecule has 2 rings (SSSR count). The van der Waals surface area contributed by atoms with E-state index in [9.17, 15) is 0 Å². The maximum absolute atomic E-state index is 5.83. The Morgan fingerprint density at radius 1 is 1.45 bits per heavy atom. The Hall–Kier alpha value is 0.650. The molecule has 1 spiro atoms. The van der Waals surface area contributed by atoms with Crippen molar-refractivity contribution < 1.29 is 9.47 Å². The van der Waals surface area contributed by atoms with E-state index in [0.717, 1.165) is 23.9 Å². The zero-order valence-corrected chi connectivity index (χ0v) is 8.67. The van der Waals surface area contributed by atoms with Crippen molar-refractivity contribution in [3.8, 4) is 0 Å². The van der Waals surface area contributed by atoms with E-state index in [4.69, 9.17) is 9.47 Å². The van der Waals surface area contributed by atoms with Crippen LogP contribution in [0.1, 0.15) is 25.7 Å². The Bertz CT molecular complexity index is 143. The average molecular weight is 268 g/mol. The second kappa shape index (κ2) is 3.18. The fourth-order valence-corrected chi connectivity index (χ4v) is 2.49. The van der Waals surface area contributed by atoms with E-state index in [1.54, 1.807) is 0 Å². The third kappa shape index (κ3) is 1.55. The van der Waals surface area contributed by atoms with E-state index in [1.165, 1.54) is 12.8 Å². The lowest BCUT2D eigenvalue weighted by atomic mass is 10.1. The van der Waals surface area contributed by atoms with Gasteiger partial charge in [-0.3, -0.25) is 0 Å². The number of hydrogen-bond donors (Lipinski definition) is 0. The Morgan fingerprint density at radius 3 is 2.91 bits per heavy atom. The van der Waals surface area contributed by atoms with Crippen molar-refractivity contribution in [1.29, 1.82) is 0 Å². The molecule has 11 heavy (non-hydrogen) atoms. The van der Waals surface area contributed by atoms with Crippen molar-refractivity contribution in [3.05, 3.63) is 0 Å². The molecule has 0 bridgehead atoms. The zero-order valence-electron chi connectivity index (χ0n) is 6.51. The molecule has 0 aliphatic carbocycles. The third-order valence-corrected chi connectivity index (χ3v) is 3.45. The number of alkyl halides is 1. The highest BCUT2D eigenvalue weighted by molar-refractivity contribution is 14.1. The molecule has 0 unspecified atom stereocenters. The van der Waals surface area contributed by atoms with Gasteiger partial charge in [-0.25, -0.2) is 0 Å². The molecule has 0 aromatic heterocycles. The molecule has 0 aromatic rings. The van der Waals surface area contributed by atoms with Gasteiger partial charge in [0.25, 0.3) is 0 Å². The maximum Gasteiger partial charge on any atom is 0.168 e. The number of rotatable bonds is 1. The van der Waals surface area contributed by atoms with Crippen molar-refractivity contribution in [1.82, 2.24) is 0 Å². The monoisotopic (exact) mass is 268 g/mol. The normalized spacial score (nSPS) is 43.9. The summed E-state index contributed by atoms with van der Waals surface area (Å²) < 4.78 is 12.5. The van der Waals surface area contributed by atoms with Crippen LogP contribution in [-0.4, -0.2) is 22.9 Å². The molecule has 2 aliphatic heterocycles. The van der Waals surface area contributed by atoms with Crippen LogP contribution in [0.5, 0.6) is 0 Å². The fourth-order valence-electron chi connectivity index (χ4n) is 1.87. The first-order valence-corrected chi connectivity index (χ1v) is 5.75. The van der Waals surface area contributed by atoms with Crippen LogP contribution in [0.15, 0.2) is 0 Å². The Kier molecular flexibility index (Phi) is 2.39. The van der Waals surface area contributed by atoms with Gasteiger partial charge in [-0.05, 0) is 12.8 Å². The lowest BCUT2D eigenvalue weighted by Crippen LogP contribution is -2.27. The van der Waals surface area contributed by atoms with Gasteiger partial charge in [0.05, 0.1) is 12.7 Å². The number of ether oxygens (including phenoxy) is 2. The molecule has 0 radical (unpaired) electrons. The van der Waals surface area contributed by atoms with Gasteiger partial charge in [-0.2, -0.15) is 0 Å². The van der Waals surface area contributed by atoms with Crippen LogP contribution in [0.25, 0.3) is 0 Å². The summed E-state index contributed by atoms with van der Waals surface area (Å²) in [6, 6.07) is 0. The van der Waals surface area contributed by atoms with Crippen molar-refractivity contribution >= 4 is 22.6 Å². The molecule has 64 valence electrons. The molecule has 2 aliphatic rings. The molecule has 2 fully saturated rings. The highest BCUT2D eigenvalue weighted by Crippen LogP contribution is 2.39. The highest BCUT2D eigenvalue weighted by Gasteiger charge is 2.43. The number of halogens is 1. The molecule has 3 heteroatoms. The van der Waals surface area contributed by atoms with Gasteiger partial charge in [0.1, 0.15) is 0 Å². The van der Waals surface area contributed by atoms with Gasteiger partial charge in [-0.1, -0.05) is 22.6 Å². The van der Waals surface area contributed by atoms with Crippen LogP contribution in [-0.2, 0) is 9.47 Å². The van der Waals surface area contributed by atoms with E-state index in [1.807, 2.05) is 0 Å². The largest absolute Gasteiger partial charge is 0.350 e. The fraction of sp³-hybridized carbons (Fsp3) is 1.00. The van der Waals surface area contributed by atoms with Crippen LogP contribution >= 0.6 is 22.6 Å². The molecule has 2 atom stereocenters. The summed E-state index contributed by atoms with van der Waals surface area (Å²) in [7, 11) is 0. The molecular formula is C8H13IO2. The summed E-state index contributed by atoms with van der Waals surface area (Å²) in [5.41, 5.74) is 0. The summed E-state index contributed by atoms with van der Waals surface area (Å²) >= 11 is 2.38. The second-order valence-electron chi connectivity index (χ2n) is 3.30. The first-order chi connectivity index (χ1) is 5.35. The Balaban J connectivity index is 1.96. The van der Waals surface area contributed by atoms with Gasteiger partial charge in [0.15, 0.2) is 5.79 Å². The van der Waals surface area contributed by atoms with E-state index in [-0.39, 0.29) is 5.79 Å². The molecule has 2 nitrogen and oxygen atoms in total. The quantitative estimate of drug-likeness (QED) is 0.535. The van der Waals surface area contributed by atoms with E-state index in [2.05, 4.69) is 22.6 Å². The first-order valence-electron chi connectivity index (χ1n) is 4.22. The summed E-state index contributed by atoms with van der Waals surface area (Å²) in [5, 5.41) is 0. The molecule has 0 amide bonds. The van der Waals surface area contributed by atoms with Crippen LogP contribution < -0.4 is 0 Å². The summed E-state index contributed by atoms with van der Waals surface area (Å²) in [4.78, 5) is 0. The predicted molar refractivity (Wildman–Crippen MR) is 50.9 cm³/mol. The topological polar surface area (TPSA) is 18.5 Å². The minimum absolute atomic E-state index is 0.143. The van der Waals surface area contributed by atoms with Crippen LogP contribution in [0, 0.1) is 0 Å². The van der Waals surface area contributed by atoms with E-state index in [0.29, 0.717) is 6.10 Å². The number of hydrogen-bond acceptors (Lipinski definition) is 2. The van der Waals surface area contributed by atoms with Gasteiger partial charge in [-0.15, -0.1) is 0 Å². The van der Waals surface area contributed by atoms with Gasteiger partial charge in [0.2, 0.25) is 0 Å². The highest BCUT2D eigenvalue weighted by atomic mass is 127. The lowest BCUT2D eigenvalue weighted by molar-refractivity contribution is -0.194. The maximum atomic E-state index is 5.83. The lowest BCUT2D eigenvalue weighted by Gasteiger charge is -2.22. The standard InChI is InChI=1S/C8H13IO2/c9-6-7-2-4-8(11-7)3-1-5-10-8/h7H,1-6H2/t7-,8+/m1/s1. The van der Waals surface area contributed by atoms with Gasteiger partial charge in [0, 0.05) is 17.3 Å². The molecule has 0 N–H and O–H groups in total. The smallest absolute Gasteiger partial charge is 0.168 e. The van der Waals surface area contributed by atoms with Crippen LogP contribution in [0.4, 0.5) is 0 Å². The molecule has 2 heterocycles. The zero-order chi connectivity index (χ0) is 7.73. The van der Waals surface area contributed by atoms with Gasteiger partial charge < -0.3 is 9.47 Å². The summed E-state index contributed by atoms with van der Waals surface area (Å²) in [5.74, 6) is -0.143. The third-order valence-electron chi connectivity index (χ3n) is 2.47. The van der Waals surface area contributed by atoms with Gasteiger partial charge >= 0.3 is 0 Å². The SMILES string of the molecule is IC[C@H]1CC[C@]2(CCCO2)O1. The molecule has 0 aromatic carbocycles. The summed E-state index contributed by atoms with van der Waals surface area (Å²) in [6.07, 6.45) is 5.03. The van der Waals surface area contributed by atoms with E-state index >= 15 is 0 Å². The minimum atomic E-state index is -0.143. The first kappa shape index (κ1) is 8.26. The molecule has 2 saturated heterocycles. The Labute approximate surface area is 80.8 Å². The average Bonchev–Trinajstić information content (AvgIpc) is 2.62. The molecule has 0 saturated carbocycles. The van der Waals surface area contributed by atoms with Crippen LogP contribution in [0.2, 0.25) is 0 Å². The van der Waals surface area contributed by atoms with Crippen molar-refractivity contribution in [3.63, 3.8) is 0 Å². The summed E-state index contributed by atoms with van der Waals surface area (Å²) in [6.45, 7) is 0.897. The van der Waals surface area contributed by atoms with Crippen molar-refractivity contribution in [2.45, 2.75) is 37.6 Å².